The number of aromatic nitrogens is 1. The molecule has 0 saturated heterocycles. The first-order chi connectivity index (χ1) is 8.77. The Hall–Kier alpha value is -1.61. The Kier molecular flexibility index (Phi) is 2.92. The predicted molar refractivity (Wildman–Crippen MR) is 70.2 cm³/mol. The molecule has 1 heterocycles. The van der Waals surface area contributed by atoms with E-state index in [1.807, 2.05) is 30.5 Å². The van der Waals surface area contributed by atoms with Gasteiger partial charge < -0.3 is 10.1 Å². The molecule has 2 atom stereocenters. The van der Waals surface area contributed by atoms with Gasteiger partial charge in [0.2, 0.25) is 0 Å². The number of Topliss-reactive ketones (excluding diaryl/α,β-unsaturated/α-hetero) is 1. The van der Waals surface area contributed by atoms with E-state index in [1.165, 1.54) is 0 Å². The van der Waals surface area contributed by atoms with Crippen LogP contribution in [0, 0.1) is 5.92 Å². The van der Waals surface area contributed by atoms with Crippen LogP contribution in [0.1, 0.15) is 37.4 Å². The third kappa shape index (κ3) is 1.85. The van der Waals surface area contributed by atoms with Crippen molar-refractivity contribution < 1.29 is 9.90 Å². The lowest BCUT2D eigenvalue weighted by molar-refractivity contribution is -0.128. The molecule has 1 aromatic carbocycles. The summed E-state index contributed by atoms with van der Waals surface area (Å²) in [5, 5.41) is 11.5. The van der Waals surface area contributed by atoms with E-state index in [9.17, 15) is 9.90 Å². The Morgan fingerprint density at radius 3 is 2.94 bits per heavy atom. The fourth-order valence-corrected chi connectivity index (χ4v) is 2.90. The molecule has 1 fully saturated rings. The minimum absolute atomic E-state index is 0.207. The number of benzene rings is 1. The minimum atomic E-state index is -0.672. The lowest BCUT2D eigenvalue weighted by atomic mass is 9.81. The standard InChI is InChI=1S/C15H17NO2/c17-14-8-4-2-6-11(14)15(18)12-9-16-13-7-3-1-5-10(12)13/h1,3,5,7,9,11,15-16,18H,2,4,6,8H2/t11-,15-/m1/s1. The van der Waals surface area contributed by atoms with Gasteiger partial charge in [-0.2, -0.15) is 0 Å². The van der Waals surface area contributed by atoms with Crippen molar-refractivity contribution in [2.24, 2.45) is 5.92 Å². The fourth-order valence-electron chi connectivity index (χ4n) is 2.90. The maximum absolute atomic E-state index is 11.9. The second-order valence-electron chi connectivity index (χ2n) is 5.05. The maximum Gasteiger partial charge on any atom is 0.138 e. The molecule has 0 bridgehead atoms. The number of rotatable bonds is 2. The molecule has 1 aliphatic rings. The zero-order valence-electron chi connectivity index (χ0n) is 10.2. The van der Waals surface area contributed by atoms with E-state index in [0.29, 0.717) is 6.42 Å². The molecule has 94 valence electrons. The highest BCUT2D eigenvalue weighted by Crippen LogP contribution is 2.35. The van der Waals surface area contributed by atoms with Gasteiger partial charge in [-0.25, -0.2) is 0 Å². The molecular weight excluding hydrogens is 226 g/mol. The van der Waals surface area contributed by atoms with E-state index < -0.39 is 6.10 Å². The summed E-state index contributed by atoms with van der Waals surface area (Å²) in [6, 6.07) is 7.88. The average molecular weight is 243 g/mol. The lowest BCUT2D eigenvalue weighted by Crippen LogP contribution is -2.25. The number of ketones is 1. The second kappa shape index (κ2) is 4.58. The summed E-state index contributed by atoms with van der Waals surface area (Å²) in [5.41, 5.74) is 1.86. The molecule has 3 rings (SSSR count). The van der Waals surface area contributed by atoms with E-state index in [1.54, 1.807) is 0 Å². The van der Waals surface area contributed by atoms with Crippen LogP contribution in [-0.2, 0) is 4.79 Å². The van der Waals surface area contributed by atoms with Gasteiger partial charge in [0.25, 0.3) is 0 Å². The third-order valence-electron chi connectivity index (χ3n) is 3.92. The molecule has 1 aromatic heterocycles. The van der Waals surface area contributed by atoms with Crippen LogP contribution in [0.3, 0.4) is 0 Å². The summed E-state index contributed by atoms with van der Waals surface area (Å²) in [5.74, 6) is -0.0167. The SMILES string of the molecule is O=C1CCCC[C@H]1[C@@H](O)c1c[nH]c2ccccc12. The third-order valence-corrected chi connectivity index (χ3v) is 3.92. The second-order valence-corrected chi connectivity index (χ2v) is 5.05. The van der Waals surface area contributed by atoms with Crippen LogP contribution in [0.25, 0.3) is 10.9 Å². The van der Waals surface area contributed by atoms with Gasteiger partial charge in [0.1, 0.15) is 5.78 Å². The van der Waals surface area contributed by atoms with Gasteiger partial charge in [-0.15, -0.1) is 0 Å². The molecule has 0 aliphatic heterocycles. The van der Waals surface area contributed by atoms with Crippen LogP contribution in [0.15, 0.2) is 30.5 Å². The number of aliphatic hydroxyl groups is 1. The first kappa shape index (κ1) is 11.5. The molecule has 3 heteroatoms. The molecule has 0 spiro atoms. The zero-order chi connectivity index (χ0) is 12.5. The van der Waals surface area contributed by atoms with Crippen molar-refractivity contribution in [3.8, 4) is 0 Å². The van der Waals surface area contributed by atoms with Crippen molar-refractivity contribution >= 4 is 16.7 Å². The van der Waals surface area contributed by atoms with Gasteiger partial charge in [-0.05, 0) is 18.9 Å². The molecule has 0 unspecified atom stereocenters. The van der Waals surface area contributed by atoms with Gasteiger partial charge >= 0.3 is 0 Å². The zero-order valence-corrected chi connectivity index (χ0v) is 10.2. The Labute approximate surface area is 106 Å². The molecule has 3 nitrogen and oxygen atoms in total. The van der Waals surface area contributed by atoms with Gasteiger partial charge in [-0.3, -0.25) is 4.79 Å². The molecule has 1 saturated carbocycles. The van der Waals surface area contributed by atoms with Gasteiger partial charge in [-0.1, -0.05) is 24.6 Å². The number of aliphatic hydroxyl groups excluding tert-OH is 1. The summed E-state index contributed by atoms with van der Waals surface area (Å²) in [7, 11) is 0. The van der Waals surface area contributed by atoms with E-state index in [-0.39, 0.29) is 11.7 Å². The minimum Gasteiger partial charge on any atom is -0.388 e. The van der Waals surface area contributed by atoms with Crippen molar-refractivity contribution in [2.75, 3.05) is 0 Å². The van der Waals surface area contributed by atoms with Gasteiger partial charge in [0.05, 0.1) is 6.10 Å². The number of carbonyl (C=O) groups excluding carboxylic acids is 1. The molecule has 1 aliphatic carbocycles. The number of hydrogen-bond donors (Lipinski definition) is 2. The maximum atomic E-state index is 11.9. The number of hydrogen-bond acceptors (Lipinski definition) is 2. The number of fused-ring (bicyclic) bond motifs is 1. The summed E-state index contributed by atoms with van der Waals surface area (Å²) in [6.45, 7) is 0. The molecule has 2 aromatic rings. The van der Waals surface area contributed by atoms with Crippen LogP contribution < -0.4 is 0 Å². The number of para-hydroxylation sites is 1. The highest BCUT2D eigenvalue weighted by atomic mass is 16.3. The predicted octanol–water partition coefficient (Wildman–Crippen LogP) is 2.96. The van der Waals surface area contributed by atoms with Gasteiger partial charge in [0.15, 0.2) is 0 Å². The normalized spacial score (nSPS) is 22.3. The Morgan fingerprint density at radius 1 is 1.28 bits per heavy atom. The smallest absolute Gasteiger partial charge is 0.138 e. The fraction of sp³-hybridized carbons (Fsp3) is 0.400. The lowest BCUT2D eigenvalue weighted by Gasteiger charge is -2.25. The van der Waals surface area contributed by atoms with Crippen LogP contribution in [-0.4, -0.2) is 15.9 Å². The first-order valence-electron chi connectivity index (χ1n) is 6.54. The molecular formula is C15H17NO2. The summed E-state index contributed by atoms with van der Waals surface area (Å²) < 4.78 is 0. The van der Waals surface area contributed by atoms with E-state index in [2.05, 4.69) is 4.98 Å². The number of H-pyrrole nitrogens is 1. The number of aromatic amines is 1. The molecule has 18 heavy (non-hydrogen) atoms. The Bertz CT molecular complexity index is 573. The van der Waals surface area contributed by atoms with Crippen molar-refractivity contribution in [3.05, 3.63) is 36.0 Å². The average Bonchev–Trinajstić information content (AvgIpc) is 2.82. The van der Waals surface area contributed by atoms with Crippen LogP contribution in [0.4, 0.5) is 0 Å². The van der Waals surface area contributed by atoms with Crippen LogP contribution >= 0.6 is 0 Å². The summed E-state index contributed by atoms with van der Waals surface area (Å²) in [6.07, 6.45) is 4.58. The van der Waals surface area contributed by atoms with Crippen molar-refractivity contribution in [3.63, 3.8) is 0 Å². The molecule has 0 radical (unpaired) electrons. The summed E-state index contributed by atoms with van der Waals surface area (Å²) in [4.78, 5) is 15.0. The topological polar surface area (TPSA) is 53.1 Å². The largest absolute Gasteiger partial charge is 0.388 e. The van der Waals surface area contributed by atoms with Crippen molar-refractivity contribution in [1.29, 1.82) is 0 Å². The van der Waals surface area contributed by atoms with E-state index >= 15 is 0 Å². The Morgan fingerprint density at radius 2 is 2.11 bits per heavy atom. The summed E-state index contributed by atoms with van der Waals surface area (Å²) >= 11 is 0. The first-order valence-corrected chi connectivity index (χ1v) is 6.54. The van der Waals surface area contributed by atoms with E-state index in [0.717, 1.165) is 35.7 Å². The monoisotopic (exact) mass is 243 g/mol. The molecule has 0 amide bonds. The van der Waals surface area contributed by atoms with Crippen LogP contribution in [0.2, 0.25) is 0 Å². The Balaban J connectivity index is 1.96. The number of nitrogens with one attached hydrogen (secondary N) is 1. The van der Waals surface area contributed by atoms with Crippen molar-refractivity contribution in [2.45, 2.75) is 31.8 Å². The number of carbonyl (C=O) groups is 1. The highest BCUT2D eigenvalue weighted by Gasteiger charge is 2.31. The van der Waals surface area contributed by atoms with Gasteiger partial charge in [0, 0.05) is 35.0 Å². The quantitative estimate of drug-likeness (QED) is 0.852. The van der Waals surface area contributed by atoms with Crippen molar-refractivity contribution in [1.82, 2.24) is 4.98 Å². The molecule has 2 N–H and O–H groups in total. The highest BCUT2D eigenvalue weighted by molar-refractivity contribution is 5.86. The van der Waals surface area contributed by atoms with Crippen LogP contribution in [0.5, 0.6) is 0 Å². The van der Waals surface area contributed by atoms with E-state index in [4.69, 9.17) is 0 Å².